The predicted molar refractivity (Wildman–Crippen MR) is 73.7 cm³/mol. The third kappa shape index (κ3) is 2.03. The third-order valence-electron chi connectivity index (χ3n) is 3.52. The van der Waals surface area contributed by atoms with Crippen LogP contribution < -0.4 is 10.6 Å². The monoisotopic (exact) mass is 247 g/mol. The number of aromatic nitrogens is 1. The van der Waals surface area contributed by atoms with Gasteiger partial charge in [0.2, 0.25) is 0 Å². The fourth-order valence-corrected chi connectivity index (χ4v) is 3.35. The standard InChI is InChI=1S/C13H17N3S/c14-6-5-10-2-1-7-16(10)11-3-4-13-12(8-11)15-9-17-13/h3-4,8-10H,1-2,5-7,14H2. The van der Waals surface area contributed by atoms with Crippen molar-refractivity contribution in [1.82, 2.24) is 4.98 Å². The summed E-state index contributed by atoms with van der Waals surface area (Å²) in [4.78, 5) is 6.88. The highest BCUT2D eigenvalue weighted by molar-refractivity contribution is 7.16. The van der Waals surface area contributed by atoms with Crippen LogP contribution in [0.15, 0.2) is 23.7 Å². The molecule has 1 aromatic carbocycles. The zero-order chi connectivity index (χ0) is 11.7. The van der Waals surface area contributed by atoms with Crippen molar-refractivity contribution in [2.24, 2.45) is 5.73 Å². The Hall–Kier alpha value is -1.13. The number of benzene rings is 1. The average molecular weight is 247 g/mol. The van der Waals surface area contributed by atoms with Crippen LogP contribution in [0.3, 0.4) is 0 Å². The largest absolute Gasteiger partial charge is 0.368 e. The van der Waals surface area contributed by atoms with Gasteiger partial charge < -0.3 is 10.6 Å². The van der Waals surface area contributed by atoms with Crippen LogP contribution in [0, 0.1) is 0 Å². The average Bonchev–Trinajstić information content (AvgIpc) is 2.96. The lowest BCUT2D eigenvalue weighted by molar-refractivity contribution is 0.619. The third-order valence-corrected chi connectivity index (χ3v) is 4.33. The van der Waals surface area contributed by atoms with Gasteiger partial charge in [-0.25, -0.2) is 4.98 Å². The van der Waals surface area contributed by atoms with Crippen molar-refractivity contribution in [2.75, 3.05) is 18.0 Å². The molecule has 2 heterocycles. The van der Waals surface area contributed by atoms with Crippen LogP contribution in [0.5, 0.6) is 0 Å². The molecule has 0 bridgehead atoms. The normalized spacial score (nSPS) is 20.3. The van der Waals surface area contributed by atoms with Crippen LogP contribution in [0.25, 0.3) is 10.2 Å². The van der Waals surface area contributed by atoms with Gasteiger partial charge >= 0.3 is 0 Å². The molecule has 1 aliphatic rings. The summed E-state index contributed by atoms with van der Waals surface area (Å²) in [5.41, 5.74) is 10.0. The highest BCUT2D eigenvalue weighted by atomic mass is 32.1. The summed E-state index contributed by atoms with van der Waals surface area (Å²) >= 11 is 1.70. The second-order valence-electron chi connectivity index (χ2n) is 4.57. The summed E-state index contributed by atoms with van der Waals surface area (Å²) in [6.45, 7) is 1.93. The van der Waals surface area contributed by atoms with E-state index in [1.54, 1.807) is 11.3 Å². The van der Waals surface area contributed by atoms with E-state index in [0.29, 0.717) is 6.04 Å². The van der Waals surface area contributed by atoms with Crippen LogP contribution in [0.4, 0.5) is 5.69 Å². The van der Waals surface area contributed by atoms with Gasteiger partial charge in [-0.2, -0.15) is 0 Å². The lowest BCUT2D eigenvalue weighted by atomic mass is 10.1. The van der Waals surface area contributed by atoms with Gasteiger partial charge in [0.15, 0.2) is 0 Å². The molecule has 17 heavy (non-hydrogen) atoms. The Kier molecular flexibility index (Phi) is 2.99. The number of nitrogens with zero attached hydrogens (tertiary/aromatic N) is 2. The molecule has 90 valence electrons. The van der Waals surface area contributed by atoms with Crippen LogP contribution in [0.1, 0.15) is 19.3 Å². The summed E-state index contributed by atoms with van der Waals surface area (Å²) in [6.07, 6.45) is 3.64. The van der Waals surface area contributed by atoms with Gasteiger partial charge in [-0.05, 0) is 44.0 Å². The quantitative estimate of drug-likeness (QED) is 0.906. The van der Waals surface area contributed by atoms with Crippen molar-refractivity contribution in [1.29, 1.82) is 0 Å². The topological polar surface area (TPSA) is 42.1 Å². The van der Waals surface area contributed by atoms with E-state index in [1.165, 1.54) is 23.2 Å². The minimum Gasteiger partial charge on any atom is -0.368 e. The first-order chi connectivity index (χ1) is 8.38. The van der Waals surface area contributed by atoms with E-state index in [1.807, 2.05) is 5.51 Å². The highest BCUT2D eigenvalue weighted by Gasteiger charge is 2.24. The molecule has 2 aromatic rings. The molecule has 4 heteroatoms. The zero-order valence-electron chi connectivity index (χ0n) is 9.80. The van der Waals surface area contributed by atoms with E-state index in [4.69, 9.17) is 5.73 Å². The lowest BCUT2D eigenvalue weighted by Crippen LogP contribution is -2.30. The molecule has 0 amide bonds. The number of nitrogens with two attached hydrogens (primary N) is 1. The van der Waals surface area contributed by atoms with E-state index < -0.39 is 0 Å². The summed E-state index contributed by atoms with van der Waals surface area (Å²) in [7, 11) is 0. The van der Waals surface area contributed by atoms with Gasteiger partial charge in [-0.1, -0.05) is 0 Å². The molecule has 1 unspecified atom stereocenters. The molecule has 2 N–H and O–H groups in total. The Labute approximate surface area is 105 Å². The SMILES string of the molecule is NCCC1CCCN1c1ccc2scnc2c1. The molecule has 1 aliphatic heterocycles. The molecule has 1 saturated heterocycles. The minimum atomic E-state index is 0.621. The molecule has 0 saturated carbocycles. The fourth-order valence-electron chi connectivity index (χ4n) is 2.69. The molecule has 1 atom stereocenters. The summed E-state index contributed by atoms with van der Waals surface area (Å²) in [5.74, 6) is 0. The van der Waals surface area contributed by atoms with Crippen LogP contribution in [0.2, 0.25) is 0 Å². The van der Waals surface area contributed by atoms with Gasteiger partial charge in [-0.15, -0.1) is 11.3 Å². The number of hydrogen-bond acceptors (Lipinski definition) is 4. The summed E-state index contributed by atoms with van der Waals surface area (Å²) < 4.78 is 1.27. The minimum absolute atomic E-state index is 0.621. The van der Waals surface area contributed by atoms with Crippen LogP contribution >= 0.6 is 11.3 Å². The second kappa shape index (κ2) is 4.63. The zero-order valence-corrected chi connectivity index (χ0v) is 10.6. The van der Waals surface area contributed by atoms with Crippen molar-refractivity contribution in [3.05, 3.63) is 23.7 Å². The summed E-state index contributed by atoms with van der Waals surface area (Å²) in [6, 6.07) is 7.23. The first-order valence-electron chi connectivity index (χ1n) is 6.18. The Morgan fingerprint density at radius 3 is 3.29 bits per heavy atom. The molecular formula is C13H17N3S. The van der Waals surface area contributed by atoms with Crippen molar-refractivity contribution >= 4 is 27.2 Å². The summed E-state index contributed by atoms with van der Waals surface area (Å²) in [5, 5.41) is 0. The molecule has 0 spiro atoms. The van der Waals surface area contributed by atoms with Crippen molar-refractivity contribution in [3.63, 3.8) is 0 Å². The predicted octanol–water partition coefficient (Wildman–Crippen LogP) is 2.61. The smallest absolute Gasteiger partial charge is 0.0832 e. The van der Waals surface area contributed by atoms with Gasteiger partial charge in [0.05, 0.1) is 15.7 Å². The molecule has 1 aromatic heterocycles. The Balaban J connectivity index is 1.91. The van der Waals surface area contributed by atoms with Gasteiger partial charge in [0.25, 0.3) is 0 Å². The van der Waals surface area contributed by atoms with Crippen molar-refractivity contribution < 1.29 is 0 Å². The fraction of sp³-hybridized carbons (Fsp3) is 0.462. The van der Waals surface area contributed by atoms with E-state index >= 15 is 0 Å². The number of anilines is 1. The first-order valence-corrected chi connectivity index (χ1v) is 7.06. The van der Waals surface area contributed by atoms with Crippen LogP contribution in [-0.4, -0.2) is 24.1 Å². The van der Waals surface area contributed by atoms with E-state index in [2.05, 4.69) is 28.1 Å². The maximum Gasteiger partial charge on any atom is 0.0832 e. The van der Waals surface area contributed by atoms with Crippen LogP contribution in [-0.2, 0) is 0 Å². The maximum absolute atomic E-state index is 5.69. The van der Waals surface area contributed by atoms with Gasteiger partial charge in [-0.3, -0.25) is 0 Å². The molecule has 0 radical (unpaired) electrons. The lowest BCUT2D eigenvalue weighted by Gasteiger charge is -2.26. The molecule has 1 fully saturated rings. The first kappa shape index (κ1) is 11.0. The second-order valence-corrected chi connectivity index (χ2v) is 5.46. The van der Waals surface area contributed by atoms with E-state index in [9.17, 15) is 0 Å². The number of hydrogen-bond donors (Lipinski definition) is 1. The number of thiazole rings is 1. The molecule has 3 nitrogen and oxygen atoms in total. The maximum atomic E-state index is 5.69. The number of fused-ring (bicyclic) bond motifs is 1. The molecule has 3 rings (SSSR count). The van der Waals surface area contributed by atoms with Gasteiger partial charge in [0, 0.05) is 18.3 Å². The molecular weight excluding hydrogens is 230 g/mol. The van der Waals surface area contributed by atoms with Crippen molar-refractivity contribution in [2.45, 2.75) is 25.3 Å². The van der Waals surface area contributed by atoms with E-state index in [-0.39, 0.29) is 0 Å². The van der Waals surface area contributed by atoms with Crippen molar-refractivity contribution in [3.8, 4) is 0 Å². The Morgan fingerprint density at radius 1 is 1.47 bits per heavy atom. The Bertz CT molecular complexity index is 508. The number of rotatable bonds is 3. The highest BCUT2D eigenvalue weighted by Crippen LogP contribution is 2.30. The van der Waals surface area contributed by atoms with E-state index in [0.717, 1.165) is 25.0 Å². The van der Waals surface area contributed by atoms with Gasteiger partial charge in [0.1, 0.15) is 0 Å². The Morgan fingerprint density at radius 2 is 2.41 bits per heavy atom. The molecule has 0 aliphatic carbocycles.